The van der Waals surface area contributed by atoms with E-state index in [4.69, 9.17) is 19.9 Å². The number of nitrogens with two attached hydrogens (primary N) is 1. The van der Waals surface area contributed by atoms with Gasteiger partial charge in [-0.3, -0.25) is 9.59 Å². The minimum absolute atomic E-state index is 0.0197. The van der Waals surface area contributed by atoms with Gasteiger partial charge in [0.1, 0.15) is 17.1 Å². The predicted octanol–water partition coefficient (Wildman–Crippen LogP) is 2.84. The number of rotatable bonds is 12. The number of ether oxygens (including phenoxy) is 3. The van der Waals surface area contributed by atoms with Crippen LogP contribution in [0.15, 0.2) is 30.7 Å². The van der Waals surface area contributed by atoms with Crippen molar-refractivity contribution in [2.24, 2.45) is 11.7 Å². The summed E-state index contributed by atoms with van der Waals surface area (Å²) in [5, 5.41) is 14.1. The number of hydrogen-bond donors (Lipinski definition) is 3. The van der Waals surface area contributed by atoms with Gasteiger partial charge in [-0.1, -0.05) is 6.92 Å². The second-order valence-corrected chi connectivity index (χ2v) is 9.75. The number of aromatic nitrogens is 5. The van der Waals surface area contributed by atoms with Gasteiger partial charge in [0, 0.05) is 7.11 Å². The second-order valence-electron chi connectivity index (χ2n) is 9.75. The van der Waals surface area contributed by atoms with Crippen LogP contribution in [0.1, 0.15) is 44.5 Å². The minimum Gasteiger partial charge on any atom is -0.479 e. The Morgan fingerprint density at radius 3 is 2.44 bits per heavy atom. The molecule has 3 aromatic rings. The lowest BCUT2D eigenvalue weighted by atomic mass is 9.98. The van der Waals surface area contributed by atoms with Gasteiger partial charge in [-0.25, -0.2) is 14.4 Å². The highest BCUT2D eigenvalue weighted by molar-refractivity contribution is 5.98. The van der Waals surface area contributed by atoms with Crippen LogP contribution in [0.3, 0.4) is 0 Å². The zero-order chi connectivity index (χ0) is 28.7. The Balaban J connectivity index is 1.91. The summed E-state index contributed by atoms with van der Waals surface area (Å²) >= 11 is 0. The van der Waals surface area contributed by atoms with Crippen molar-refractivity contribution in [2.75, 3.05) is 31.5 Å². The lowest BCUT2D eigenvalue weighted by Gasteiger charge is -2.27. The van der Waals surface area contributed by atoms with E-state index in [-0.39, 0.29) is 42.0 Å². The van der Waals surface area contributed by atoms with E-state index in [1.807, 2.05) is 6.92 Å². The molecule has 1 amide bonds. The number of anilines is 3. The highest BCUT2D eigenvalue weighted by atomic mass is 19.1. The van der Waals surface area contributed by atoms with Crippen molar-refractivity contribution in [1.82, 2.24) is 25.0 Å². The van der Waals surface area contributed by atoms with E-state index in [1.165, 1.54) is 37.6 Å². The number of nitrogens with zero attached hydrogens (tertiary/aromatic N) is 5. The maximum absolute atomic E-state index is 15.1. The van der Waals surface area contributed by atoms with Crippen molar-refractivity contribution in [3.63, 3.8) is 0 Å². The van der Waals surface area contributed by atoms with E-state index in [2.05, 4.69) is 30.8 Å². The average molecular weight is 545 g/mol. The van der Waals surface area contributed by atoms with Crippen LogP contribution >= 0.6 is 0 Å². The summed E-state index contributed by atoms with van der Waals surface area (Å²) in [5.74, 6) is -2.35. The summed E-state index contributed by atoms with van der Waals surface area (Å²) in [7, 11) is 2.94. The van der Waals surface area contributed by atoms with Crippen molar-refractivity contribution < 1.29 is 28.2 Å². The number of hydrogen-bond acceptors (Lipinski definition) is 11. The molecule has 210 valence electrons. The van der Waals surface area contributed by atoms with Crippen molar-refractivity contribution in [2.45, 2.75) is 45.8 Å². The molecule has 3 rings (SSSR count). The first-order valence-corrected chi connectivity index (χ1v) is 12.1. The highest BCUT2D eigenvalue weighted by Gasteiger charge is 2.26. The van der Waals surface area contributed by atoms with Crippen molar-refractivity contribution in [3.05, 3.63) is 42.1 Å². The normalized spacial score (nSPS) is 12.9. The molecule has 0 aliphatic carbocycles. The molecule has 0 aromatic carbocycles. The lowest BCUT2D eigenvalue weighted by Crippen LogP contribution is -2.35. The van der Waals surface area contributed by atoms with Crippen LogP contribution in [0.2, 0.25) is 0 Å². The molecule has 39 heavy (non-hydrogen) atoms. The molecule has 0 fully saturated rings. The SMILES string of the molecule is COC[C@@H](Nc1nc(Nc2cnc(OC)c(-n3nccn3)c2)c(C(N)=O)cc1F)[C@H](C)CC(=O)OC(C)(C)C. The zero-order valence-corrected chi connectivity index (χ0v) is 22.7. The van der Waals surface area contributed by atoms with Gasteiger partial charge in [0.25, 0.3) is 5.91 Å². The third-order valence-corrected chi connectivity index (χ3v) is 5.43. The molecule has 0 aliphatic heterocycles. The van der Waals surface area contributed by atoms with E-state index < -0.39 is 29.3 Å². The van der Waals surface area contributed by atoms with Crippen LogP contribution in [0.25, 0.3) is 5.69 Å². The predicted molar refractivity (Wildman–Crippen MR) is 141 cm³/mol. The van der Waals surface area contributed by atoms with Crippen LogP contribution in [0, 0.1) is 11.7 Å². The van der Waals surface area contributed by atoms with Gasteiger partial charge < -0.3 is 30.6 Å². The monoisotopic (exact) mass is 544 g/mol. The zero-order valence-electron chi connectivity index (χ0n) is 22.7. The fraction of sp³-hybridized carbons (Fsp3) is 0.440. The third-order valence-electron chi connectivity index (χ3n) is 5.43. The number of primary amides is 1. The Kier molecular flexibility index (Phi) is 9.35. The molecule has 13 nitrogen and oxygen atoms in total. The van der Waals surface area contributed by atoms with Gasteiger partial charge in [0.05, 0.1) is 56.0 Å². The summed E-state index contributed by atoms with van der Waals surface area (Å²) in [5.41, 5.74) is 5.47. The second kappa shape index (κ2) is 12.5. The van der Waals surface area contributed by atoms with E-state index in [1.54, 1.807) is 26.8 Å². The van der Waals surface area contributed by atoms with E-state index in [9.17, 15) is 9.59 Å². The van der Waals surface area contributed by atoms with E-state index >= 15 is 4.39 Å². The maximum atomic E-state index is 15.1. The third kappa shape index (κ3) is 7.83. The molecule has 0 bridgehead atoms. The van der Waals surface area contributed by atoms with Crippen LogP contribution < -0.4 is 21.1 Å². The molecule has 4 N–H and O–H groups in total. The summed E-state index contributed by atoms with van der Waals surface area (Å²) in [6, 6.07) is 2.08. The van der Waals surface area contributed by atoms with Gasteiger partial charge in [0.2, 0.25) is 5.88 Å². The maximum Gasteiger partial charge on any atom is 0.306 e. The molecule has 2 atom stereocenters. The van der Waals surface area contributed by atoms with Crippen molar-refractivity contribution >= 4 is 29.2 Å². The summed E-state index contributed by atoms with van der Waals surface area (Å²) in [4.78, 5) is 34.3. The number of halogens is 1. The van der Waals surface area contributed by atoms with Crippen molar-refractivity contribution in [3.8, 4) is 11.6 Å². The highest BCUT2D eigenvalue weighted by Crippen LogP contribution is 2.28. The van der Waals surface area contributed by atoms with Gasteiger partial charge in [0.15, 0.2) is 11.6 Å². The van der Waals surface area contributed by atoms with Gasteiger partial charge >= 0.3 is 5.97 Å². The number of methoxy groups -OCH3 is 2. The Morgan fingerprint density at radius 2 is 1.85 bits per heavy atom. The molecular formula is C25H33FN8O5. The van der Waals surface area contributed by atoms with E-state index in [0.717, 1.165) is 6.07 Å². The smallest absolute Gasteiger partial charge is 0.306 e. The van der Waals surface area contributed by atoms with Crippen LogP contribution in [-0.4, -0.2) is 69.3 Å². The largest absolute Gasteiger partial charge is 0.479 e. The number of amides is 1. The average Bonchev–Trinajstić information content (AvgIpc) is 3.39. The number of carbonyl (C=O) groups excluding carboxylic acids is 2. The van der Waals surface area contributed by atoms with Crippen molar-refractivity contribution in [1.29, 1.82) is 0 Å². The van der Waals surface area contributed by atoms with Crippen LogP contribution in [0.5, 0.6) is 5.88 Å². The molecule has 0 saturated carbocycles. The molecule has 3 aromatic heterocycles. The molecule has 3 heterocycles. The number of carbonyl (C=O) groups is 2. The summed E-state index contributed by atoms with van der Waals surface area (Å²) in [6.45, 7) is 7.29. The summed E-state index contributed by atoms with van der Waals surface area (Å²) in [6.07, 6.45) is 4.48. The molecule has 0 spiro atoms. The Labute approximate surface area is 225 Å². The fourth-order valence-corrected chi connectivity index (χ4v) is 3.65. The Bertz CT molecular complexity index is 1300. The first-order valence-electron chi connectivity index (χ1n) is 12.1. The molecule has 0 radical (unpaired) electrons. The Hall–Kier alpha value is -4.33. The minimum atomic E-state index is -0.891. The molecule has 14 heteroatoms. The fourth-order valence-electron chi connectivity index (χ4n) is 3.65. The molecule has 0 unspecified atom stereocenters. The first-order chi connectivity index (χ1) is 18.4. The summed E-state index contributed by atoms with van der Waals surface area (Å²) < 4.78 is 31.1. The first kappa shape index (κ1) is 29.2. The number of nitrogens with one attached hydrogen (secondary N) is 2. The van der Waals surface area contributed by atoms with Crippen LogP contribution in [0.4, 0.5) is 21.7 Å². The number of pyridine rings is 2. The molecule has 0 aliphatic rings. The van der Waals surface area contributed by atoms with Crippen LogP contribution in [-0.2, 0) is 14.3 Å². The van der Waals surface area contributed by atoms with E-state index in [0.29, 0.717) is 11.4 Å². The van der Waals surface area contributed by atoms with Gasteiger partial charge in [-0.2, -0.15) is 10.2 Å². The quantitative estimate of drug-likeness (QED) is 0.287. The van der Waals surface area contributed by atoms with Gasteiger partial charge in [-0.15, -0.1) is 4.80 Å². The van der Waals surface area contributed by atoms with Gasteiger partial charge in [-0.05, 0) is 38.8 Å². The number of esters is 1. The molecular weight excluding hydrogens is 511 g/mol. The Morgan fingerprint density at radius 1 is 1.15 bits per heavy atom. The topological polar surface area (TPSA) is 168 Å². The molecule has 0 saturated heterocycles. The lowest BCUT2D eigenvalue weighted by molar-refractivity contribution is -0.156. The standard InChI is InChI=1S/C25H33FN8O5/c1-14(9-20(35)39-25(2,3)4)18(13-37-5)32-23-17(26)11-16(21(27)36)22(33-23)31-15-10-19(24(38-6)28-12-15)34-29-7-8-30-34/h7-8,10-12,14,18H,9,13H2,1-6H3,(H2,27,36)(H2,31,32,33)/t14-,18-/m1/s1.